The van der Waals surface area contributed by atoms with Crippen LogP contribution >= 0.6 is 0 Å². The number of nitrogens with one attached hydrogen (secondary N) is 2. The van der Waals surface area contributed by atoms with Crippen LogP contribution in [0.5, 0.6) is 5.88 Å². The van der Waals surface area contributed by atoms with Gasteiger partial charge in [0.15, 0.2) is 0 Å². The van der Waals surface area contributed by atoms with Gasteiger partial charge in [-0.15, -0.1) is 0 Å². The molecular weight excluding hydrogens is 450 g/mol. The van der Waals surface area contributed by atoms with Gasteiger partial charge in [0.25, 0.3) is 0 Å². The molecule has 186 valence electrons. The Bertz CT molecular complexity index is 1360. The number of aromatic nitrogens is 3. The number of hydrogen-bond donors (Lipinski definition) is 2. The molecule has 2 aliphatic rings. The van der Waals surface area contributed by atoms with Crippen molar-refractivity contribution in [2.45, 2.75) is 19.8 Å². The van der Waals surface area contributed by atoms with Gasteiger partial charge in [-0.2, -0.15) is 0 Å². The third-order valence-electron chi connectivity index (χ3n) is 6.35. The number of hydrogen-bond acceptors (Lipinski definition) is 8. The molecule has 0 bridgehead atoms. The molecule has 0 amide bonds. The smallest absolute Gasteiger partial charge is 0.239 e. The van der Waals surface area contributed by atoms with Crippen LogP contribution in [0.2, 0.25) is 0 Å². The Hall–Kier alpha value is -4.07. The Labute approximate surface area is 212 Å². The number of benzene rings is 1. The van der Waals surface area contributed by atoms with Gasteiger partial charge in [0.2, 0.25) is 11.8 Å². The molecule has 8 nitrogen and oxygen atoms in total. The monoisotopic (exact) mass is 483 g/mol. The zero-order chi connectivity index (χ0) is 25.1. The second kappa shape index (κ2) is 10.3. The number of ether oxygens (including phenoxy) is 1. The van der Waals surface area contributed by atoms with E-state index in [0.717, 1.165) is 65.0 Å². The summed E-state index contributed by atoms with van der Waals surface area (Å²) >= 11 is 0. The number of allylic oxidation sites excluding steroid dienone is 4. The highest BCUT2D eigenvalue weighted by Gasteiger charge is 2.21. The molecule has 0 unspecified atom stereocenters. The number of pyridine rings is 1. The molecule has 0 radical (unpaired) electrons. The lowest BCUT2D eigenvalue weighted by Gasteiger charge is -2.26. The Morgan fingerprint density at radius 1 is 1.11 bits per heavy atom. The third-order valence-corrected chi connectivity index (χ3v) is 6.35. The van der Waals surface area contributed by atoms with Crippen LogP contribution in [0.1, 0.15) is 19.8 Å². The largest absolute Gasteiger partial charge is 0.474 e. The van der Waals surface area contributed by atoms with E-state index in [4.69, 9.17) is 9.72 Å². The van der Waals surface area contributed by atoms with E-state index in [9.17, 15) is 0 Å². The first-order valence-electron chi connectivity index (χ1n) is 12.4. The maximum atomic E-state index is 5.76. The molecule has 8 heteroatoms. The van der Waals surface area contributed by atoms with E-state index < -0.39 is 0 Å². The highest BCUT2D eigenvalue weighted by Crippen LogP contribution is 2.42. The van der Waals surface area contributed by atoms with Gasteiger partial charge in [-0.3, -0.25) is 0 Å². The molecule has 1 aliphatic heterocycles. The summed E-state index contributed by atoms with van der Waals surface area (Å²) in [7, 11) is 6.20. The van der Waals surface area contributed by atoms with Gasteiger partial charge in [-0.05, 0) is 36.3 Å². The van der Waals surface area contributed by atoms with Gasteiger partial charge in [-0.25, -0.2) is 15.0 Å². The second-order valence-electron chi connectivity index (χ2n) is 9.27. The van der Waals surface area contributed by atoms with Crippen LogP contribution in [0, 0.1) is 0 Å². The molecule has 36 heavy (non-hydrogen) atoms. The standard InChI is InChI=1S/C28H33N7O/c1-5-14-35(4)22-8-6-7-21(11-12-22)32-28-31-17-20-10-9-19(16-24(20)33-28)23-18-30-27-25(26(23)34(2)3)29-13-15-36-27/h6,8-12,16-18,29H,5,7,13-15H2,1-4H3,(H,31,32,33). The molecule has 0 spiro atoms. The average Bonchev–Trinajstić information content (AvgIpc) is 3.13. The molecule has 3 heterocycles. The highest BCUT2D eigenvalue weighted by molar-refractivity contribution is 5.93. The van der Waals surface area contributed by atoms with E-state index in [-0.39, 0.29) is 0 Å². The number of fused-ring (bicyclic) bond motifs is 2. The summed E-state index contributed by atoms with van der Waals surface area (Å²) in [5.74, 6) is 1.23. The van der Waals surface area contributed by atoms with Gasteiger partial charge in [0.1, 0.15) is 12.3 Å². The minimum absolute atomic E-state index is 0.588. The molecule has 2 aromatic heterocycles. The molecule has 0 saturated heterocycles. The third kappa shape index (κ3) is 4.84. The van der Waals surface area contributed by atoms with Crippen LogP contribution in [-0.2, 0) is 0 Å². The fourth-order valence-electron chi connectivity index (χ4n) is 4.58. The van der Waals surface area contributed by atoms with Crippen molar-refractivity contribution in [2.24, 2.45) is 0 Å². The van der Waals surface area contributed by atoms with Crippen molar-refractivity contribution in [1.29, 1.82) is 0 Å². The lowest BCUT2D eigenvalue weighted by atomic mass is 10.0. The van der Waals surface area contributed by atoms with Crippen LogP contribution in [0.15, 0.2) is 66.3 Å². The van der Waals surface area contributed by atoms with Gasteiger partial charge in [0, 0.05) is 75.4 Å². The Morgan fingerprint density at radius 2 is 2.00 bits per heavy atom. The molecule has 2 N–H and O–H groups in total. The molecule has 1 aromatic carbocycles. The zero-order valence-corrected chi connectivity index (χ0v) is 21.4. The summed E-state index contributed by atoms with van der Waals surface area (Å²) in [5, 5.41) is 7.85. The van der Waals surface area contributed by atoms with Crippen LogP contribution < -0.4 is 20.3 Å². The minimum atomic E-state index is 0.588. The van der Waals surface area contributed by atoms with Crippen molar-refractivity contribution in [1.82, 2.24) is 19.9 Å². The fraction of sp³-hybridized carbons (Fsp3) is 0.321. The fourth-order valence-corrected chi connectivity index (χ4v) is 4.58. The van der Waals surface area contributed by atoms with Crippen molar-refractivity contribution >= 4 is 28.2 Å². The Kier molecular flexibility index (Phi) is 6.75. The summed E-state index contributed by atoms with van der Waals surface area (Å²) in [5.41, 5.74) is 7.19. The SMILES string of the molecule is CCCN(C)C1=CC=C(Nc2ncc3ccc(-c4cnc5c(c4N(C)C)NCCO5)cc3n2)CC=C1. The lowest BCUT2D eigenvalue weighted by Crippen LogP contribution is -2.22. The van der Waals surface area contributed by atoms with Gasteiger partial charge >= 0.3 is 0 Å². The number of rotatable bonds is 7. The van der Waals surface area contributed by atoms with Crippen LogP contribution in [0.4, 0.5) is 17.3 Å². The van der Waals surface area contributed by atoms with Crippen LogP contribution in [0.25, 0.3) is 22.0 Å². The van der Waals surface area contributed by atoms with E-state index >= 15 is 0 Å². The number of likely N-dealkylation sites (N-methyl/N-ethyl adjacent to an activating group) is 1. The molecule has 3 aromatic rings. The predicted octanol–water partition coefficient (Wildman–Crippen LogP) is 5.04. The normalized spacial score (nSPS) is 14.7. The first-order valence-corrected chi connectivity index (χ1v) is 12.4. The van der Waals surface area contributed by atoms with Crippen molar-refractivity contribution < 1.29 is 4.74 Å². The van der Waals surface area contributed by atoms with E-state index in [0.29, 0.717) is 18.4 Å². The summed E-state index contributed by atoms with van der Waals surface area (Å²) in [6.07, 6.45) is 14.3. The molecule has 0 fully saturated rings. The topological polar surface area (TPSA) is 78.4 Å². The summed E-state index contributed by atoms with van der Waals surface area (Å²) in [4.78, 5) is 18.3. The van der Waals surface area contributed by atoms with Crippen LogP contribution in [-0.4, -0.2) is 60.7 Å². The Morgan fingerprint density at radius 3 is 2.83 bits per heavy atom. The van der Waals surface area contributed by atoms with Crippen molar-refractivity contribution in [3.05, 3.63) is 66.3 Å². The minimum Gasteiger partial charge on any atom is -0.474 e. The lowest BCUT2D eigenvalue weighted by molar-refractivity contribution is 0.310. The molecular formula is C28H33N7O. The maximum Gasteiger partial charge on any atom is 0.239 e. The molecule has 0 saturated carbocycles. The van der Waals surface area contributed by atoms with Gasteiger partial charge in [0.05, 0.1) is 11.2 Å². The molecule has 0 atom stereocenters. The summed E-state index contributed by atoms with van der Waals surface area (Å²) in [6, 6.07) is 6.25. The van der Waals surface area contributed by atoms with Crippen molar-refractivity contribution in [2.75, 3.05) is 56.4 Å². The van der Waals surface area contributed by atoms with Crippen molar-refractivity contribution in [3.63, 3.8) is 0 Å². The summed E-state index contributed by atoms with van der Waals surface area (Å²) in [6.45, 7) is 4.60. The average molecular weight is 484 g/mol. The Balaban J connectivity index is 1.45. The predicted molar refractivity (Wildman–Crippen MR) is 148 cm³/mol. The van der Waals surface area contributed by atoms with Gasteiger partial charge < -0.3 is 25.2 Å². The molecule has 1 aliphatic carbocycles. The van der Waals surface area contributed by atoms with Crippen molar-refractivity contribution in [3.8, 4) is 17.0 Å². The van der Waals surface area contributed by atoms with E-state index in [1.165, 1.54) is 5.70 Å². The van der Waals surface area contributed by atoms with E-state index in [1.54, 1.807) is 0 Å². The summed E-state index contributed by atoms with van der Waals surface area (Å²) < 4.78 is 5.76. The quantitative estimate of drug-likeness (QED) is 0.484. The first-order chi connectivity index (χ1) is 17.5. The van der Waals surface area contributed by atoms with Gasteiger partial charge in [-0.1, -0.05) is 25.1 Å². The number of nitrogens with zero attached hydrogens (tertiary/aromatic N) is 5. The second-order valence-corrected chi connectivity index (χ2v) is 9.27. The zero-order valence-electron chi connectivity index (χ0n) is 21.4. The van der Waals surface area contributed by atoms with E-state index in [2.05, 4.69) is 86.9 Å². The number of anilines is 3. The van der Waals surface area contributed by atoms with Crippen LogP contribution in [0.3, 0.4) is 0 Å². The first kappa shape index (κ1) is 23.7. The molecule has 5 rings (SSSR count). The van der Waals surface area contributed by atoms with E-state index in [1.807, 2.05) is 26.5 Å². The maximum absolute atomic E-state index is 5.76. The highest BCUT2D eigenvalue weighted by atomic mass is 16.5.